The van der Waals surface area contributed by atoms with Crippen molar-refractivity contribution in [3.05, 3.63) is 53.6 Å². The summed E-state index contributed by atoms with van der Waals surface area (Å²) in [5.74, 6) is 0. The van der Waals surface area contributed by atoms with Crippen molar-refractivity contribution in [1.82, 2.24) is 0 Å². The van der Waals surface area contributed by atoms with Gasteiger partial charge in [0.15, 0.2) is 0 Å². The zero-order chi connectivity index (χ0) is 13.9. The van der Waals surface area contributed by atoms with Crippen molar-refractivity contribution in [2.24, 2.45) is 0 Å². The molecule has 0 radical (unpaired) electrons. The number of rotatable bonds is 0. The number of nitrogens with zero attached hydrogens (tertiary/aromatic N) is 2. The maximum atomic E-state index is 2.40. The third-order valence-corrected chi connectivity index (χ3v) is 4.57. The van der Waals surface area contributed by atoms with Crippen molar-refractivity contribution < 1.29 is 9.15 Å². The minimum Gasteiger partial charge on any atom is -0.166 e. The topological polar surface area (TPSA) is 6.02 Å². The zero-order valence-corrected chi connectivity index (χ0v) is 12.1. The van der Waals surface area contributed by atoms with Crippen molar-refractivity contribution >= 4 is 17.6 Å². The molecule has 2 aromatic carbocycles. The summed E-state index contributed by atoms with van der Waals surface area (Å²) in [6.07, 6.45) is 2.56. The number of hydrogen-bond acceptors (Lipinski definition) is 0. The normalized spacial score (nSPS) is 19.4. The first-order valence-corrected chi connectivity index (χ1v) is 7.07. The highest BCUT2D eigenvalue weighted by atomic mass is 15.3. The lowest BCUT2D eigenvalue weighted by molar-refractivity contribution is -0.728. The van der Waals surface area contributed by atoms with Gasteiger partial charge in [0.05, 0.1) is 5.56 Å². The van der Waals surface area contributed by atoms with Crippen molar-refractivity contribution in [3.8, 4) is 11.1 Å². The van der Waals surface area contributed by atoms with Crippen molar-refractivity contribution in [2.45, 2.75) is 20.0 Å². The van der Waals surface area contributed by atoms with E-state index in [0.717, 1.165) is 0 Å². The van der Waals surface area contributed by atoms with Gasteiger partial charge in [-0.1, -0.05) is 30.3 Å². The third kappa shape index (κ3) is 1.34. The lowest BCUT2D eigenvalue weighted by Gasteiger charge is -2.21. The van der Waals surface area contributed by atoms with Crippen LogP contribution in [0.25, 0.3) is 11.1 Å². The summed E-state index contributed by atoms with van der Waals surface area (Å²) in [5, 5.41) is 0. The molecule has 4 rings (SSSR count). The molecule has 0 saturated carbocycles. The second-order valence-electron chi connectivity index (χ2n) is 5.72. The Morgan fingerprint density at radius 1 is 0.900 bits per heavy atom. The van der Waals surface area contributed by atoms with Crippen LogP contribution in [-0.4, -0.2) is 28.1 Å². The van der Waals surface area contributed by atoms with Gasteiger partial charge in [0.2, 0.25) is 17.6 Å². The van der Waals surface area contributed by atoms with Crippen LogP contribution in [-0.2, 0) is 0 Å². The van der Waals surface area contributed by atoms with Crippen LogP contribution in [0.5, 0.6) is 0 Å². The first-order chi connectivity index (χ1) is 9.68. The summed E-state index contributed by atoms with van der Waals surface area (Å²) < 4.78 is 4.77. The molecule has 0 aliphatic carbocycles. The summed E-state index contributed by atoms with van der Waals surface area (Å²) in [6.45, 7) is 4.39. The average molecular weight is 262 g/mol. The van der Waals surface area contributed by atoms with Gasteiger partial charge in [-0.25, -0.2) is 0 Å². The van der Waals surface area contributed by atoms with E-state index in [1.807, 2.05) is 0 Å². The maximum absolute atomic E-state index is 2.40. The second-order valence-corrected chi connectivity index (χ2v) is 5.72. The first kappa shape index (κ1) is 11.6. The molecule has 2 aromatic rings. The van der Waals surface area contributed by atoms with Crippen LogP contribution in [0.15, 0.2) is 42.5 Å². The number of hydrogen-bond donors (Lipinski definition) is 0. The highest BCUT2D eigenvalue weighted by Gasteiger charge is 2.46. The van der Waals surface area contributed by atoms with Crippen LogP contribution in [0, 0.1) is 6.92 Å². The molecule has 2 heteroatoms. The Morgan fingerprint density at radius 3 is 2.50 bits per heavy atom. The number of fused-ring (bicyclic) bond motifs is 6. The molecule has 0 fully saturated rings. The fraction of sp³-hybridized carbons (Fsp3) is 0.222. The van der Waals surface area contributed by atoms with Crippen LogP contribution in [0.2, 0.25) is 0 Å². The van der Waals surface area contributed by atoms with Crippen molar-refractivity contribution in [2.75, 3.05) is 7.05 Å². The molecule has 0 spiro atoms. The fourth-order valence-electron chi connectivity index (χ4n) is 3.46. The van der Waals surface area contributed by atoms with E-state index in [9.17, 15) is 0 Å². The van der Waals surface area contributed by atoms with Gasteiger partial charge >= 0.3 is 6.17 Å². The molecule has 2 nitrogen and oxygen atoms in total. The molecule has 2 aliphatic rings. The Bertz CT molecular complexity index is 797. The molecule has 2 heterocycles. The van der Waals surface area contributed by atoms with Gasteiger partial charge in [0, 0.05) is 18.6 Å². The zero-order valence-electron chi connectivity index (χ0n) is 12.1. The average Bonchev–Trinajstić information content (AvgIpc) is 2.76. The summed E-state index contributed by atoms with van der Waals surface area (Å²) in [4.78, 5) is 0. The van der Waals surface area contributed by atoms with E-state index >= 15 is 0 Å². The van der Waals surface area contributed by atoms with E-state index in [0.29, 0.717) is 6.17 Å². The van der Waals surface area contributed by atoms with Crippen LogP contribution < -0.4 is 0 Å². The second kappa shape index (κ2) is 3.89. The summed E-state index contributed by atoms with van der Waals surface area (Å²) in [7, 11) is 2.18. The molecule has 0 N–H and O–H groups in total. The van der Waals surface area contributed by atoms with Gasteiger partial charge < -0.3 is 0 Å². The van der Waals surface area contributed by atoms with Gasteiger partial charge in [-0.05, 0) is 18.6 Å². The number of benzene rings is 2. The Labute approximate surface area is 119 Å². The molecule has 0 aromatic heterocycles. The fourth-order valence-corrected chi connectivity index (χ4v) is 3.46. The third-order valence-electron chi connectivity index (χ3n) is 4.57. The Hall–Kier alpha value is -2.22. The molecular weight excluding hydrogens is 244 g/mol. The number of aryl methyl sites for hydroxylation is 1. The Balaban J connectivity index is 2.14. The van der Waals surface area contributed by atoms with Gasteiger partial charge in [-0.15, -0.1) is 4.58 Å². The van der Waals surface area contributed by atoms with E-state index in [-0.39, 0.29) is 0 Å². The van der Waals surface area contributed by atoms with E-state index < -0.39 is 0 Å². The lowest BCUT2D eigenvalue weighted by Crippen LogP contribution is -2.25. The SMILES string of the molecule is CC1=[N+](C)C2c3c(C)cccc3-c3ccccc3[N+]2=C1. The number of para-hydroxylation sites is 1. The van der Waals surface area contributed by atoms with Crippen LogP contribution in [0.1, 0.15) is 24.2 Å². The van der Waals surface area contributed by atoms with Crippen LogP contribution in [0.4, 0.5) is 5.69 Å². The Morgan fingerprint density at radius 2 is 1.65 bits per heavy atom. The summed E-state index contributed by atoms with van der Waals surface area (Å²) in [5.41, 5.74) is 8.11. The monoisotopic (exact) mass is 262 g/mol. The molecule has 1 unspecified atom stereocenters. The van der Waals surface area contributed by atoms with Crippen LogP contribution >= 0.6 is 0 Å². The summed E-state index contributed by atoms with van der Waals surface area (Å²) >= 11 is 0. The lowest BCUT2D eigenvalue weighted by atomic mass is 9.89. The maximum Gasteiger partial charge on any atom is 0.376 e. The minimum absolute atomic E-state index is 0.293. The van der Waals surface area contributed by atoms with Gasteiger partial charge in [0.25, 0.3) is 0 Å². The van der Waals surface area contributed by atoms with Gasteiger partial charge in [-0.2, -0.15) is 4.58 Å². The smallest absolute Gasteiger partial charge is 0.166 e. The minimum atomic E-state index is 0.293. The molecule has 20 heavy (non-hydrogen) atoms. The molecule has 0 amide bonds. The molecule has 2 aliphatic heterocycles. The quantitative estimate of drug-likeness (QED) is 0.641. The van der Waals surface area contributed by atoms with Crippen molar-refractivity contribution in [1.29, 1.82) is 0 Å². The van der Waals surface area contributed by atoms with E-state index in [1.54, 1.807) is 0 Å². The predicted molar refractivity (Wildman–Crippen MR) is 82.2 cm³/mol. The van der Waals surface area contributed by atoms with Crippen molar-refractivity contribution in [3.63, 3.8) is 0 Å². The molecule has 0 bridgehead atoms. The molecule has 98 valence electrons. The van der Waals surface area contributed by atoms with E-state index in [2.05, 4.69) is 78.7 Å². The highest BCUT2D eigenvalue weighted by molar-refractivity contribution is 6.25. The molecule has 1 atom stereocenters. The predicted octanol–water partition coefficient (Wildman–Crippen LogP) is 3.51. The highest BCUT2D eigenvalue weighted by Crippen LogP contribution is 2.45. The standard InChI is InChI=1S/C18H18N2/c1-12-7-6-9-15-14-8-4-5-10-16(14)20-11-13(2)19(3)18(20)17(12)15/h4-11,18H,1-3H3/q+2. The molecular formula is C18H18N2+2. The molecule has 0 saturated heterocycles. The van der Waals surface area contributed by atoms with Crippen LogP contribution in [0.3, 0.4) is 0 Å². The first-order valence-electron chi connectivity index (χ1n) is 7.07. The summed E-state index contributed by atoms with van der Waals surface area (Å²) in [6, 6.07) is 15.3. The largest absolute Gasteiger partial charge is 0.376 e. The Kier molecular flexibility index (Phi) is 2.25. The van der Waals surface area contributed by atoms with Gasteiger partial charge in [0.1, 0.15) is 12.6 Å². The van der Waals surface area contributed by atoms with Gasteiger partial charge in [-0.3, -0.25) is 0 Å². The van der Waals surface area contributed by atoms with E-state index in [4.69, 9.17) is 0 Å². The van der Waals surface area contributed by atoms with E-state index in [1.165, 1.54) is 33.7 Å².